The molecule has 2 aromatic carbocycles. The Labute approximate surface area is 125 Å². The largest absolute Gasteiger partial charge is 0.378 e. The van der Waals surface area contributed by atoms with Crippen molar-refractivity contribution in [3.05, 3.63) is 46.0 Å². The average Bonchev–Trinajstić information content (AvgIpc) is 2.81. The summed E-state index contributed by atoms with van der Waals surface area (Å²) in [4.78, 5) is 3.75. The molecule has 3 aromatic rings. The van der Waals surface area contributed by atoms with E-state index in [2.05, 4.69) is 49.8 Å². The van der Waals surface area contributed by atoms with Gasteiger partial charge in [0.2, 0.25) is 0 Å². The number of rotatable bonds is 2. The van der Waals surface area contributed by atoms with Crippen LogP contribution in [0.15, 0.2) is 42.5 Å². The van der Waals surface area contributed by atoms with Crippen LogP contribution in [-0.4, -0.2) is 29.1 Å². The van der Waals surface area contributed by atoms with E-state index >= 15 is 0 Å². The molecule has 0 fully saturated rings. The lowest BCUT2D eigenvalue weighted by atomic mass is 10.3. The number of hydrogen-bond donors (Lipinski definition) is 0. The lowest BCUT2D eigenvalue weighted by Gasteiger charge is -2.12. The summed E-state index contributed by atoms with van der Waals surface area (Å²) in [6.45, 7) is 0. The Bertz CT molecular complexity index is 716. The molecular formula is C14H13IN4. The highest BCUT2D eigenvalue weighted by atomic mass is 127. The molecule has 0 aliphatic rings. The molecule has 0 aliphatic heterocycles. The summed E-state index contributed by atoms with van der Waals surface area (Å²) in [5, 5.41) is 8.99. The Kier molecular flexibility index (Phi) is 3.14. The van der Waals surface area contributed by atoms with Gasteiger partial charge in [-0.1, -0.05) is 0 Å². The van der Waals surface area contributed by atoms with Crippen LogP contribution < -0.4 is 4.90 Å². The van der Waals surface area contributed by atoms with Crippen LogP contribution in [0, 0.1) is 3.57 Å². The smallest absolute Gasteiger partial charge is 0.114 e. The summed E-state index contributed by atoms with van der Waals surface area (Å²) in [7, 11) is 4.05. The molecule has 0 atom stereocenters. The highest BCUT2D eigenvalue weighted by molar-refractivity contribution is 14.1. The predicted octanol–water partition coefficient (Wildman–Crippen LogP) is 3.09. The van der Waals surface area contributed by atoms with E-state index in [4.69, 9.17) is 0 Å². The minimum absolute atomic E-state index is 0.914. The fraction of sp³-hybridized carbons (Fsp3) is 0.143. The Morgan fingerprint density at radius 1 is 0.947 bits per heavy atom. The first-order chi connectivity index (χ1) is 9.13. The van der Waals surface area contributed by atoms with Crippen LogP contribution in [0.1, 0.15) is 0 Å². The standard InChI is InChI=1S/C14H13IN4/c1-18(2)11-4-6-12(7-5-11)19-16-13-8-3-10(15)9-14(13)17-19/h3-9H,1-2H3. The second-order valence-corrected chi connectivity index (χ2v) is 5.78. The van der Waals surface area contributed by atoms with E-state index in [-0.39, 0.29) is 0 Å². The van der Waals surface area contributed by atoms with Gasteiger partial charge in [-0.3, -0.25) is 0 Å². The highest BCUT2D eigenvalue weighted by Gasteiger charge is 2.05. The Morgan fingerprint density at radius 3 is 2.32 bits per heavy atom. The van der Waals surface area contributed by atoms with E-state index in [9.17, 15) is 0 Å². The quantitative estimate of drug-likeness (QED) is 0.656. The molecule has 0 saturated carbocycles. The van der Waals surface area contributed by atoms with Crippen molar-refractivity contribution in [3.63, 3.8) is 0 Å². The van der Waals surface area contributed by atoms with Crippen LogP contribution >= 0.6 is 22.6 Å². The van der Waals surface area contributed by atoms with E-state index in [0.717, 1.165) is 22.4 Å². The van der Waals surface area contributed by atoms with E-state index in [1.54, 1.807) is 4.80 Å². The maximum absolute atomic E-state index is 4.51. The summed E-state index contributed by atoms with van der Waals surface area (Å²) in [5.41, 5.74) is 3.97. The average molecular weight is 364 g/mol. The number of aromatic nitrogens is 3. The Hall–Kier alpha value is -1.63. The van der Waals surface area contributed by atoms with Gasteiger partial charge in [-0.25, -0.2) is 0 Å². The molecule has 0 amide bonds. The van der Waals surface area contributed by atoms with E-state index in [1.165, 1.54) is 3.57 Å². The Morgan fingerprint density at radius 2 is 1.63 bits per heavy atom. The second kappa shape index (κ2) is 4.80. The lowest BCUT2D eigenvalue weighted by molar-refractivity contribution is 0.765. The van der Waals surface area contributed by atoms with Gasteiger partial charge >= 0.3 is 0 Å². The van der Waals surface area contributed by atoms with Crippen LogP contribution in [0.2, 0.25) is 0 Å². The third-order valence-corrected chi connectivity index (χ3v) is 3.61. The predicted molar refractivity (Wildman–Crippen MR) is 85.9 cm³/mol. The van der Waals surface area contributed by atoms with Gasteiger partial charge in [-0.05, 0) is 65.1 Å². The van der Waals surface area contributed by atoms with Crippen molar-refractivity contribution in [2.24, 2.45) is 0 Å². The molecule has 1 aromatic heterocycles. The van der Waals surface area contributed by atoms with Gasteiger partial charge in [0.25, 0.3) is 0 Å². The molecule has 0 spiro atoms. The van der Waals surface area contributed by atoms with Crippen molar-refractivity contribution < 1.29 is 0 Å². The zero-order valence-corrected chi connectivity index (χ0v) is 12.9. The summed E-state index contributed by atoms with van der Waals surface area (Å²) in [5.74, 6) is 0. The molecule has 0 bridgehead atoms. The summed E-state index contributed by atoms with van der Waals surface area (Å²) >= 11 is 2.28. The summed E-state index contributed by atoms with van der Waals surface area (Å²) in [6, 6.07) is 14.2. The van der Waals surface area contributed by atoms with Crippen molar-refractivity contribution in [1.82, 2.24) is 15.0 Å². The molecule has 5 heteroatoms. The Balaban J connectivity index is 2.03. The number of benzene rings is 2. The molecule has 3 rings (SSSR count). The van der Waals surface area contributed by atoms with E-state index in [1.807, 2.05) is 44.4 Å². The number of nitrogens with zero attached hydrogens (tertiary/aromatic N) is 4. The fourth-order valence-electron chi connectivity index (χ4n) is 1.89. The van der Waals surface area contributed by atoms with Gasteiger partial charge in [0, 0.05) is 23.4 Å². The van der Waals surface area contributed by atoms with Crippen LogP contribution in [0.5, 0.6) is 0 Å². The minimum Gasteiger partial charge on any atom is -0.378 e. The van der Waals surface area contributed by atoms with Gasteiger partial charge in [0.1, 0.15) is 11.0 Å². The maximum Gasteiger partial charge on any atom is 0.114 e. The normalized spacial score (nSPS) is 10.9. The van der Waals surface area contributed by atoms with Crippen LogP contribution in [-0.2, 0) is 0 Å². The number of fused-ring (bicyclic) bond motifs is 1. The van der Waals surface area contributed by atoms with Crippen LogP contribution in [0.4, 0.5) is 5.69 Å². The van der Waals surface area contributed by atoms with Crippen LogP contribution in [0.3, 0.4) is 0 Å². The molecule has 19 heavy (non-hydrogen) atoms. The van der Waals surface area contributed by atoms with Gasteiger partial charge in [-0.15, -0.1) is 10.2 Å². The van der Waals surface area contributed by atoms with Crippen molar-refractivity contribution in [2.45, 2.75) is 0 Å². The third-order valence-electron chi connectivity index (χ3n) is 2.94. The molecule has 4 nitrogen and oxygen atoms in total. The van der Waals surface area contributed by atoms with Gasteiger partial charge in [0.05, 0.1) is 5.69 Å². The molecule has 1 heterocycles. The number of halogens is 1. The van der Waals surface area contributed by atoms with Crippen LogP contribution in [0.25, 0.3) is 16.7 Å². The lowest BCUT2D eigenvalue weighted by Crippen LogP contribution is -2.08. The monoisotopic (exact) mass is 364 g/mol. The van der Waals surface area contributed by atoms with Crippen molar-refractivity contribution in [1.29, 1.82) is 0 Å². The van der Waals surface area contributed by atoms with Crippen molar-refractivity contribution >= 4 is 39.3 Å². The topological polar surface area (TPSA) is 34.0 Å². The van der Waals surface area contributed by atoms with Crippen molar-refractivity contribution in [3.8, 4) is 5.69 Å². The number of hydrogen-bond acceptors (Lipinski definition) is 3. The minimum atomic E-state index is 0.914. The molecule has 0 aliphatic carbocycles. The molecule has 0 unspecified atom stereocenters. The third kappa shape index (κ3) is 2.42. The molecular weight excluding hydrogens is 351 g/mol. The van der Waals surface area contributed by atoms with Gasteiger partial charge in [0.15, 0.2) is 0 Å². The molecule has 0 saturated heterocycles. The number of anilines is 1. The first-order valence-electron chi connectivity index (χ1n) is 5.94. The summed E-state index contributed by atoms with van der Waals surface area (Å²) in [6.07, 6.45) is 0. The summed E-state index contributed by atoms with van der Waals surface area (Å²) < 4.78 is 1.17. The SMILES string of the molecule is CN(C)c1ccc(-n2nc3ccc(I)cc3n2)cc1. The van der Waals surface area contributed by atoms with Crippen molar-refractivity contribution in [2.75, 3.05) is 19.0 Å². The molecule has 0 N–H and O–H groups in total. The first-order valence-corrected chi connectivity index (χ1v) is 7.02. The van der Waals surface area contributed by atoms with Gasteiger partial charge in [-0.2, -0.15) is 4.80 Å². The van der Waals surface area contributed by atoms with Gasteiger partial charge < -0.3 is 4.90 Å². The highest BCUT2D eigenvalue weighted by Crippen LogP contribution is 2.17. The first kappa shape index (κ1) is 12.4. The van der Waals surface area contributed by atoms with E-state index < -0.39 is 0 Å². The zero-order chi connectivity index (χ0) is 13.4. The van der Waals surface area contributed by atoms with E-state index in [0.29, 0.717) is 0 Å². The fourth-order valence-corrected chi connectivity index (χ4v) is 2.36. The molecule has 0 radical (unpaired) electrons. The zero-order valence-electron chi connectivity index (χ0n) is 10.7. The maximum atomic E-state index is 4.51. The second-order valence-electron chi connectivity index (χ2n) is 4.53. The molecule has 96 valence electrons.